The molecule has 38 heavy (non-hydrogen) atoms. The number of rotatable bonds is 9. The quantitative estimate of drug-likeness (QED) is 0.413. The van der Waals surface area contributed by atoms with Crippen molar-refractivity contribution < 1.29 is 23.1 Å². The molecule has 3 heterocycles. The van der Waals surface area contributed by atoms with Crippen LogP contribution < -0.4 is 5.32 Å². The number of nitrogens with one attached hydrogen (secondary N) is 2. The van der Waals surface area contributed by atoms with Gasteiger partial charge >= 0.3 is 12.0 Å². The Morgan fingerprint density at radius 2 is 2.03 bits per heavy atom. The number of fused-ring (bicyclic) bond motifs is 1. The number of likely N-dealkylation sites (N-methyl/N-ethyl adjacent to an activating group) is 1. The number of methoxy groups -OCH3 is 1. The third-order valence-electron chi connectivity index (χ3n) is 6.66. The first-order valence-corrected chi connectivity index (χ1v) is 12.5. The Morgan fingerprint density at radius 1 is 1.26 bits per heavy atom. The number of carbonyl (C=O) groups excluding carboxylic acids is 2. The fourth-order valence-electron chi connectivity index (χ4n) is 4.66. The molecule has 1 atom stereocenters. The van der Waals surface area contributed by atoms with Gasteiger partial charge in [-0.15, -0.1) is 0 Å². The first-order valence-electron chi connectivity index (χ1n) is 12.5. The predicted molar refractivity (Wildman–Crippen MR) is 137 cm³/mol. The molecule has 1 aliphatic heterocycles. The predicted octanol–water partition coefficient (Wildman–Crippen LogP) is 3.58. The molecule has 11 heteroatoms. The summed E-state index contributed by atoms with van der Waals surface area (Å²) in [7, 11) is 3.02. The molecular weight excluding hydrogens is 494 g/mol. The highest BCUT2D eigenvalue weighted by Crippen LogP contribution is 2.28. The molecule has 2 N–H and O–H groups in total. The van der Waals surface area contributed by atoms with E-state index in [0.717, 1.165) is 28.2 Å². The summed E-state index contributed by atoms with van der Waals surface area (Å²) in [6.45, 7) is 3.07. The molecule has 0 saturated carbocycles. The first-order chi connectivity index (χ1) is 18.2. The standard InChI is InChI=1S/C27H32F2N6O3/c1-17-13-18(9-11-30-17)26-21-16-35(12-10-24(21)32-33-26)27(37)31-19(7-8-25(36)38-3)14-34(2)15-20-22(28)5-4-6-23(20)29/h4-6,9,11,13,19H,7-8,10,12,14-16H2,1-3H3,(H,31,37)(H,32,33). The van der Waals surface area contributed by atoms with Gasteiger partial charge in [-0.05, 0) is 44.7 Å². The molecule has 1 aromatic carbocycles. The van der Waals surface area contributed by atoms with Gasteiger partial charge in [0.2, 0.25) is 0 Å². The zero-order valence-corrected chi connectivity index (χ0v) is 21.8. The highest BCUT2D eigenvalue weighted by Gasteiger charge is 2.28. The second-order valence-electron chi connectivity index (χ2n) is 9.54. The number of pyridine rings is 1. The van der Waals surface area contributed by atoms with Crippen LogP contribution in [0.2, 0.25) is 0 Å². The van der Waals surface area contributed by atoms with E-state index >= 15 is 0 Å². The minimum atomic E-state index is -0.628. The molecule has 0 bridgehead atoms. The number of aryl methyl sites for hydroxylation is 1. The van der Waals surface area contributed by atoms with E-state index in [-0.39, 0.29) is 31.1 Å². The Balaban J connectivity index is 1.45. The summed E-state index contributed by atoms with van der Waals surface area (Å²) < 4.78 is 33.1. The molecule has 0 radical (unpaired) electrons. The van der Waals surface area contributed by atoms with Crippen molar-refractivity contribution in [2.45, 2.75) is 45.3 Å². The van der Waals surface area contributed by atoms with Crippen LogP contribution in [0, 0.1) is 18.6 Å². The van der Waals surface area contributed by atoms with Crippen molar-refractivity contribution in [1.82, 2.24) is 30.3 Å². The number of esters is 1. The van der Waals surface area contributed by atoms with Crippen LogP contribution in [-0.2, 0) is 29.0 Å². The topological polar surface area (TPSA) is 103 Å². The van der Waals surface area contributed by atoms with E-state index in [9.17, 15) is 18.4 Å². The van der Waals surface area contributed by atoms with Crippen LogP contribution in [0.15, 0.2) is 36.5 Å². The number of aromatic amines is 1. The molecule has 3 aromatic rings. The molecule has 1 aliphatic rings. The van der Waals surface area contributed by atoms with Gasteiger partial charge in [0.1, 0.15) is 11.6 Å². The summed E-state index contributed by atoms with van der Waals surface area (Å²) >= 11 is 0. The number of aromatic nitrogens is 3. The van der Waals surface area contributed by atoms with Gasteiger partial charge in [-0.3, -0.25) is 19.8 Å². The van der Waals surface area contributed by atoms with Gasteiger partial charge in [0.05, 0.1) is 19.3 Å². The number of hydrogen-bond donors (Lipinski definition) is 2. The largest absolute Gasteiger partial charge is 0.469 e. The Bertz CT molecular complexity index is 1280. The van der Waals surface area contributed by atoms with Gasteiger partial charge in [0.25, 0.3) is 0 Å². The molecule has 0 spiro atoms. The molecule has 0 saturated heterocycles. The van der Waals surface area contributed by atoms with Gasteiger partial charge in [-0.1, -0.05) is 6.07 Å². The smallest absolute Gasteiger partial charge is 0.317 e. The fourth-order valence-corrected chi connectivity index (χ4v) is 4.66. The van der Waals surface area contributed by atoms with Gasteiger partial charge in [0.15, 0.2) is 0 Å². The van der Waals surface area contributed by atoms with Crippen LogP contribution >= 0.6 is 0 Å². The summed E-state index contributed by atoms with van der Waals surface area (Å²) in [6.07, 6.45) is 2.77. The van der Waals surface area contributed by atoms with Crippen molar-refractivity contribution in [2.75, 3.05) is 27.2 Å². The summed E-state index contributed by atoms with van der Waals surface area (Å²) in [5.74, 6) is -1.65. The number of H-pyrrole nitrogens is 1. The van der Waals surface area contributed by atoms with Crippen molar-refractivity contribution in [2.24, 2.45) is 0 Å². The van der Waals surface area contributed by atoms with E-state index in [1.165, 1.54) is 25.3 Å². The number of urea groups is 1. The van der Waals surface area contributed by atoms with Crippen molar-refractivity contribution in [3.05, 3.63) is 70.7 Å². The van der Waals surface area contributed by atoms with E-state index < -0.39 is 23.6 Å². The molecule has 2 aromatic heterocycles. The normalized spacial score (nSPS) is 13.8. The SMILES string of the molecule is COC(=O)CCC(CN(C)Cc1c(F)cccc1F)NC(=O)N1CCc2[nH]nc(-c3ccnc(C)c3)c2C1. The summed E-state index contributed by atoms with van der Waals surface area (Å²) in [5.41, 5.74) is 4.49. The molecule has 9 nitrogen and oxygen atoms in total. The van der Waals surface area contributed by atoms with E-state index in [0.29, 0.717) is 25.9 Å². The van der Waals surface area contributed by atoms with E-state index in [1.54, 1.807) is 23.0 Å². The maximum atomic E-state index is 14.2. The van der Waals surface area contributed by atoms with Gasteiger partial charge in [-0.2, -0.15) is 5.10 Å². The van der Waals surface area contributed by atoms with E-state index in [4.69, 9.17) is 4.74 Å². The first kappa shape index (κ1) is 27.2. The van der Waals surface area contributed by atoms with Crippen LogP contribution in [0.3, 0.4) is 0 Å². The number of benzene rings is 1. The average molecular weight is 527 g/mol. The van der Waals surface area contributed by atoms with Gasteiger partial charge in [0, 0.05) is 72.8 Å². The lowest BCUT2D eigenvalue weighted by Gasteiger charge is -2.31. The molecule has 0 fully saturated rings. The van der Waals surface area contributed by atoms with Crippen molar-refractivity contribution in [3.63, 3.8) is 0 Å². The van der Waals surface area contributed by atoms with E-state index in [2.05, 4.69) is 20.5 Å². The number of ether oxygens (including phenoxy) is 1. The fraction of sp³-hybridized carbons (Fsp3) is 0.407. The second kappa shape index (κ2) is 12.1. The maximum absolute atomic E-state index is 14.2. The summed E-state index contributed by atoms with van der Waals surface area (Å²) in [5, 5.41) is 10.6. The van der Waals surface area contributed by atoms with Crippen molar-refractivity contribution in [3.8, 4) is 11.3 Å². The number of carbonyl (C=O) groups is 2. The highest BCUT2D eigenvalue weighted by atomic mass is 19.1. The van der Waals surface area contributed by atoms with Crippen LogP contribution in [-0.4, -0.2) is 70.3 Å². The lowest BCUT2D eigenvalue weighted by Crippen LogP contribution is -2.49. The van der Waals surface area contributed by atoms with Gasteiger partial charge in [-0.25, -0.2) is 13.6 Å². The highest BCUT2D eigenvalue weighted by molar-refractivity contribution is 5.76. The molecular formula is C27H32F2N6O3. The lowest BCUT2D eigenvalue weighted by atomic mass is 10.0. The maximum Gasteiger partial charge on any atom is 0.317 e. The molecule has 2 amide bonds. The number of nitrogens with zero attached hydrogens (tertiary/aromatic N) is 4. The summed E-state index contributed by atoms with van der Waals surface area (Å²) in [4.78, 5) is 32.8. The molecule has 4 rings (SSSR count). The third-order valence-corrected chi connectivity index (χ3v) is 6.66. The second-order valence-corrected chi connectivity index (χ2v) is 9.54. The van der Waals surface area contributed by atoms with Crippen LogP contribution in [0.5, 0.6) is 0 Å². The Hall–Kier alpha value is -3.86. The van der Waals surface area contributed by atoms with Crippen LogP contribution in [0.25, 0.3) is 11.3 Å². The van der Waals surface area contributed by atoms with Crippen LogP contribution in [0.1, 0.15) is 35.4 Å². The third kappa shape index (κ3) is 6.52. The van der Waals surface area contributed by atoms with Crippen LogP contribution in [0.4, 0.5) is 13.6 Å². The molecule has 202 valence electrons. The Kier molecular flexibility index (Phi) is 8.67. The number of amides is 2. The number of halogens is 2. The number of hydrogen-bond acceptors (Lipinski definition) is 6. The average Bonchev–Trinajstić information content (AvgIpc) is 3.32. The van der Waals surface area contributed by atoms with Crippen molar-refractivity contribution in [1.29, 1.82) is 0 Å². The van der Waals surface area contributed by atoms with Gasteiger partial charge < -0.3 is 15.0 Å². The zero-order valence-electron chi connectivity index (χ0n) is 21.8. The summed E-state index contributed by atoms with van der Waals surface area (Å²) in [6, 6.07) is 6.85. The zero-order chi connectivity index (χ0) is 27.2. The minimum Gasteiger partial charge on any atom is -0.469 e. The molecule has 1 unspecified atom stereocenters. The Labute approximate surface area is 220 Å². The van der Waals surface area contributed by atoms with Crippen molar-refractivity contribution >= 4 is 12.0 Å². The lowest BCUT2D eigenvalue weighted by molar-refractivity contribution is -0.140. The minimum absolute atomic E-state index is 0.0138. The Morgan fingerprint density at radius 3 is 2.74 bits per heavy atom. The van der Waals surface area contributed by atoms with E-state index in [1.807, 2.05) is 19.1 Å². The monoisotopic (exact) mass is 526 g/mol. The molecule has 0 aliphatic carbocycles.